The number of nitrogens with zero attached hydrogens (tertiary/aromatic N) is 1. The lowest BCUT2D eigenvalue weighted by atomic mass is 9.74. The summed E-state index contributed by atoms with van der Waals surface area (Å²) in [6.45, 7) is 12.2. The summed E-state index contributed by atoms with van der Waals surface area (Å²) >= 11 is 0. The van der Waals surface area contributed by atoms with Crippen molar-refractivity contribution in [2.45, 2.75) is 83.4 Å². The third kappa shape index (κ3) is 3.44. The molecule has 1 saturated carbocycles. The number of nitrogens with two attached hydrogens (primary N) is 1. The molecule has 1 aliphatic carbocycles. The van der Waals surface area contributed by atoms with Crippen molar-refractivity contribution in [2.24, 2.45) is 11.8 Å². The Bertz CT molecular complexity index is 322. The Morgan fingerprint density at radius 3 is 2.43 bits per heavy atom. The van der Waals surface area contributed by atoms with Crippen LogP contribution in [0.25, 0.3) is 0 Å². The summed E-state index contributed by atoms with van der Waals surface area (Å²) in [6.07, 6.45) is 7.44. The molecule has 124 valence electrons. The molecule has 0 aromatic carbocycles. The fourth-order valence-corrected chi connectivity index (χ4v) is 4.87. The van der Waals surface area contributed by atoms with Gasteiger partial charge >= 0.3 is 0 Å². The van der Waals surface area contributed by atoms with E-state index in [2.05, 4.69) is 38.0 Å². The molecule has 2 aliphatic rings. The van der Waals surface area contributed by atoms with Crippen molar-refractivity contribution in [2.75, 3.05) is 19.7 Å². The van der Waals surface area contributed by atoms with E-state index in [9.17, 15) is 0 Å². The van der Waals surface area contributed by atoms with Gasteiger partial charge in [-0.1, -0.05) is 26.7 Å². The Balaban J connectivity index is 2.12. The Hall–Kier alpha value is -0.160. The van der Waals surface area contributed by atoms with Crippen molar-refractivity contribution in [3.8, 4) is 0 Å². The first-order valence-electron chi connectivity index (χ1n) is 8.84. The second-order valence-corrected chi connectivity index (χ2v) is 7.46. The topological polar surface area (TPSA) is 50.5 Å². The Morgan fingerprint density at radius 1 is 1.29 bits per heavy atom. The molecule has 4 heteroatoms. The molecule has 1 saturated heterocycles. The predicted octanol–water partition coefficient (Wildman–Crippen LogP) is 2.68. The van der Waals surface area contributed by atoms with Crippen LogP contribution in [0.4, 0.5) is 0 Å². The molecule has 0 radical (unpaired) electrons. The predicted molar refractivity (Wildman–Crippen MR) is 88.0 cm³/mol. The van der Waals surface area contributed by atoms with E-state index >= 15 is 0 Å². The number of nitrogens with one attached hydrogen (secondary N) is 1. The van der Waals surface area contributed by atoms with E-state index in [-0.39, 0.29) is 11.1 Å². The zero-order valence-electron chi connectivity index (χ0n) is 14.5. The molecule has 1 heterocycles. The lowest BCUT2D eigenvalue weighted by Gasteiger charge is -2.49. The van der Waals surface area contributed by atoms with E-state index in [0.717, 1.165) is 26.1 Å². The van der Waals surface area contributed by atoms with Crippen molar-refractivity contribution >= 4 is 0 Å². The average molecular weight is 297 g/mol. The van der Waals surface area contributed by atoms with Crippen LogP contribution in [-0.2, 0) is 4.74 Å². The number of likely N-dealkylation sites (N-methyl/N-ethyl adjacent to an activating group) is 1. The summed E-state index contributed by atoms with van der Waals surface area (Å²) in [6, 6.07) is 0.318. The minimum atomic E-state index is 0.0695. The van der Waals surface area contributed by atoms with Crippen LogP contribution < -0.4 is 11.3 Å². The quantitative estimate of drug-likeness (QED) is 0.584. The maximum atomic E-state index is 6.19. The Morgan fingerprint density at radius 2 is 1.90 bits per heavy atom. The van der Waals surface area contributed by atoms with Gasteiger partial charge in [-0.05, 0) is 58.5 Å². The highest BCUT2D eigenvalue weighted by Crippen LogP contribution is 2.44. The van der Waals surface area contributed by atoms with Gasteiger partial charge in [-0.3, -0.25) is 16.2 Å². The third-order valence-corrected chi connectivity index (χ3v) is 6.04. The van der Waals surface area contributed by atoms with Gasteiger partial charge in [0.05, 0.1) is 5.60 Å². The fraction of sp³-hybridized carbons (Fsp3) is 1.00. The second-order valence-electron chi connectivity index (χ2n) is 7.46. The van der Waals surface area contributed by atoms with Crippen molar-refractivity contribution < 1.29 is 4.74 Å². The van der Waals surface area contributed by atoms with Gasteiger partial charge in [0.15, 0.2) is 0 Å². The average Bonchev–Trinajstić information content (AvgIpc) is 2.88. The second kappa shape index (κ2) is 6.95. The maximum absolute atomic E-state index is 6.19. The first-order valence-corrected chi connectivity index (χ1v) is 8.84. The molecule has 3 N–H and O–H groups in total. The standard InChI is InChI=1S/C17H35N3O/c1-5-20(6-2)16(3,4)15(19-18)14-9-12-21-17(13-14)10-7-8-11-17/h14-15,19H,5-13,18H2,1-4H3. The van der Waals surface area contributed by atoms with Crippen LogP contribution in [0.1, 0.15) is 66.2 Å². The minimum absolute atomic E-state index is 0.0695. The smallest absolute Gasteiger partial charge is 0.0685 e. The first-order chi connectivity index (χ1) is 9.99. The molecule has 0 bridgehead atoms. The zero-order valence-corrected chi connectivity index (χ0v) is 14.5. The molecule has 4 nitrogen and oxygen atoms in total. The van der Waals surface area contributed by atoms with Gasteiger partial charge in [-0.2, -0.15) is 0 Å². The van der Waals surface area contributed by atoms with Gasteiger partial charge in [-0.25, -0.2) is 0 Å². The number of hydrogen-bond acceptors (Lipinski definition) is 4. The van der Waals surface area contributed by atoms with E-state index in [0.29, 0.717) is 12.0 Å². The lowest BCUT2D eigenvalue weighted by Crippen LogP contribution is -2.63. The summed E-state index contributed by atoms with van der Waals surface area (Å²) in [5.74, 6) is 6.62. The normalized spacial score (nSPS) is 27.4. The van der Waals surface area contributed by atoms with Gasteiger partial charge in [0.2, 0.25) is 0 Å². The SMILES string of the molecule is CCN(CC)C(C)(C)C(NN)C1CCOC2(CCCC2)C1. The molecule has 21 heavy (non-hydrogen) atoms. The molecule has 0 aromatic rings. The van der Waals surface area contributed by atoms with Crippen LogP contribution >= 0.6 is 0 Å². The maximum Gasteiger partial charge on any atom is 0.0685 e. The highest BCUT2D eigenvalue weighted by Gasteiger charge is 2.46. The van der Waals surface area contributed by atoms with Gasteiger partial charge in [0.25, 0.3) is 0 Å². The summed E-state index contributed by atoms with van der Waals surface area (Å²) in [5, 5.41) is 0. The van der Waals surface area contributed by atoms with Crippen molar-refractivity contribution in [3.05, 3.63) is 0 Å². The molecule has 0 amide bonds. The highest BCUT2D eigenvalue weighted by molar-refractivity contribution is 5.01. The number of hydrogen-bond donors (Lipinski definition) is 2. The highest BCUT2D eigenvalue weighted by atomic mass is 16.5. The summed E-state index contributed by atoms with van der Waals surface area (Å²) in [7, 11) is 0. The molecule has 2 rings (SSSR count). The van der Waals surface area contributed by atoms with Crippen molar-refractivity contribution in [1.29, 1.82) is 0 Å². The third-order valence-electron chi connectivity index (χ3n) is 6.04. The van der Waals surface area contributed by atoms with Crippen LogP contribution in [0.3, 0.4) is 0 Å². The van der Waals surface area contributed by atoms with Crippen LogP contribution in [0.2, 0.25) is 0 Å². The summed E-state index contributed by atoms with van der Waals surface area (Å²) in [5.41, 5.74) is 3.40. The summed E-state index contributed by atoms with van der Waals surface area (Å²) in [4.78, 5) is 2.52. The van der Waals surface area contributed by atoms with E-state index in [1.54, 1.807) is 0 Å². The van der Waals surface area contributed by atoms with E-state index in [1.165, 1.54) is 32.1 Å². The van der Waals surface area contributed by atoms with Crippen LogP contribution in [0, 0.1) is 5.92 Å². The largest absolute Gasteiger partial charge is 0.375 e. The summed E-state index contributed by atoms with van der Waals surface area (Å²) < 4.78 is 6.19. The molecule has 1 aliphatic heterocycles. The molecular formula is C17H35N3O. The van der Waals surface area contributed by atoms with Gasteiger partial charge in [-0.15, -0.1) is 0 Å². The van der Waals surface area contributed by atoms with E-state index in [4.69, 9.17) is 10.6 Å². The van der Waals surface area contributed by atoms with Gasteiger partial charge in [0.1, 0.15) is 0 Å². The van der Waals surface area contributed by atoms with E-state index in [1.807, 2.05) is 0 Å². The molecule has 1 spiro atoms. The molecule has 2 atom stereocenters. The number of hydrazine groups is 1. The van der Waals surface area contributed by atoms with Gasteiger partial charge < -0.3 is 4.74 Å². The van der Waals surface area contributed by atoms with E-state index < -0.39 is 0 Å². The lowest BCUT2D eigenvalue weighted by molar-refractivity contribution is -0.107. The van der Waals surface area contributed by atoms with Crippen molar-refractivity contribution in [3.63, 3.8) is 0 Å². The monoisotopic (exact) mass is 297 g/mol. The Kier molecular flexibility index (Phi) is 5.69. The Labute approximate surface area is 130 Å². The first kappa shape index (κ1) is 17.2. The molecular weight excluding hydrogens is 262 g/mol. The van der Waals surface area contributed by atoms with Gasteiger partial charge in [0, 0.05) is 18.2 Å². The molecule has 2 fully saturated rings. The fourth-order valence-electron chi connectivity index (χ4n) is 4.87. The molecule has 0 aromatic heterocycles. The zero-order chi connectivity index (χ0) is 15.5. The minimum Gasteiger partial charge on any atom is -0.375 e. The van der Waals surface area contributed by atoms with Crippen LogP contribution in [-0.4, -0.2) is 41.8 Å². The number of ether oxygens (including phenoxy) is 1. The molecule has 2 unspecified atom stereocenters. The van der Waals surface area contributed by atoms with Crippen LogP contribution in [0.15, 0.2) is 0 Å². The van der Waals surface area contributed by atoms with Crippen LogP contribution in [0.5, 0.6) is 0 Å². The van der Waals surface area contributed by atoms with Crippen molar-refractivity contribution in [1.82, 2.24) is 10.3 Å². The number of rotatable bonds is 6.